The Bertz CT molecular complexity index is 595. The number of hydrogen-bond acceptors (Lipinski definition) is 3. The molecule has 104 valence electrons. The van der Waals surface area contributed by atoms with E-state index in [0.717, 1.165) is 11.3 Å². The van der Waals surface area contributed by atoms with Crippen LogP contribution in [0.3, 0.4) is 0 Å². The topological polar surface area (TPSA) is 47.4 Å². The first-order chi connectivity index (χ1) is 9.75. The van der Waals surface area contributed by atoms with E-state index in [1.165, 1.54) is 0 Å². The van der Waals surface area contributed by atoms with Gasteiger partial charge in [0.1, 0.15) is 18.4 Å². The summed E-state index contributed by atoms with van der Waals surface area (Å²) in [6.07, 6.45) is 3.50. The Morgan fingerprint density at radius 2 is 2.20 bits per heavy atom. The van der Waals surface area contributed by atoms with Gasteiger partial charge in [-0.1, -0.05) is 18.2 Å². The van der Waals surface area contributed by atoms with Gasteiger partial charge >= 0.3 is 0 Å². The summed E-state index contributed by atoms with van der Waals surface area (Å²) >= 11 is 0. The summed E-state index contributed by atoms with van der Waals surface area (Å²) in [7, 11) is 0. The number of nitrogens with zero attached hydrogens (tertiary/aromatic N) is 3. The van der Waals surface area contributed by atoms with Gasteiger partial charge in [0.25, 0.3) is 0 Å². The van der Waals surface area contributed by atoms with E-state index in [9.17, 15) is 4.79 Å². The molecule has 0 unspecified atom stereocenters. The molecule has 1 aromatic carbocycles. The molecule has 0 saturated heterocycles. The van der Waals surface area contributed by atoms with Gasteiger partial charge in [-0.3, -0.25) is 9.48 Å². The molecule has 1 aliphatic heterocycles. The Morgan fingerprint density at radius 3 is 3.00 bits per heavy atom. The lowest BCUT2D eigenvalue weighted by Gasteiger charge is -2.23. The SMILES string of the molecule is C[C@@H](C(=O)N1CCOc2ccccc2C1)n1cccn1. The van der Waals surface area contributed by atoms with E-state index in [1.54, 1.807) is 10.9 Å². The normalized spacial score (nSPS) is 15.9. The van der Waals surface area contributed by atoms with Crippen LogP contribution in [0.2, 0.25) is 0 Å². The molecule has 5 nitrogen and oxygen atoms in total. The van der Waals surface area contributed by atoms with E-state index in [-0.39, 0.29) is 11.9 Å². The maximum absolute atomic E-state index is 12.6. The van der Waals surface area contributed by atoms with E-state index < -0.39 is 0 Å². The first kappa shape index (κ1) is 12.7. The average Bonchev–Trinajstić information content (AvgIpc) is 2.92. The van der Waals surface area contributed by atoms with Crippen LogP contribution in [0.1, 0.15) is 18.5 Å². The fourth-order valence-electron chi connectivity index (χ4n) is 2.40. The molecule has 0 bridgehead atoms. The summed E-state index contributed by atoms with van der Waals surface area (Å²) < 4.78 is 7.36. The third kappa shape index (κ3) is 2.39. The van der Waals surface area contributed by atoms with Gasteiger partial charge in [-0.15, -0.1) is 0 Å². The second kappa shape index (κ2) is 5.36. The Hall–Kier alpha value is -2.30. The highest BCUT2D eigenvalue weighted by atomic mass is 16.5. The van der Waals surface area contributed by atoms with Crippen molar-refractivity contribution in [1.82, 2.24) is 14.7 Å². The fraction of sp³-hybridized carbons (Fsp3) is 0.333. The molecule has 2 aromatic rings. The van der Waals surface area contributed by atoms with Crippen molar-refractivity contribution in [2.24, 2.45) is 0 Å². The van der Waals surface area contributed by atoms with Crippen molar-refractivity contribution >= 4 is 5.91 Å². The third-order valence-corrected chi connectivity index (χ3v) is 3.54. The molecular weight excluding hydrogens is 254 g/mol. The molecular formula is C15H17N3O2. The van der Waals surface area contributed by atoms with Crippen molar-refractivity contribution in [1.29, 1.82) is 0 Å². The molecule has 0 spiro atoms. The third-order valence-electron chi connectivity index (χ3n) is 3.54. The Labute approximate surface area is 117 Å². The highest BCUT2D eigenvalue weighted by Crippen LogP contribution is 2.23. The molecule has 20 heavy (non-hydrogen) atoms. The van der Waals surface area contributed by atoms with Crippen molar-refractivity contribution in [2.45, 2.75) is 19.5 Å². The maximum atomic E-state index is 12.6. The molecule has 1 aliphatic rings. The van der Waals surface area contributed by atoms with Gasteiger partial charge in [0.2, 0.25) is 5.91 Å². The second-order valence-electron chi connectivity index (χ2n) is 4.88. The van der Waals surface area contributed by atoms with E-state index in [2.05, 4.69) is 5.10 Å². The molecule has 0 saturated carbocycles. The number of para-hydroxylation sites is 1. The summed E-state index contributed by atoms with van der Waals surface area (Å²) in [5, 5.41) is 4.14. The van der Waals surface area contributed by atoms with Gasteiger partial charge in [0.05, 0.1) is 6.54 Å². The summed E-state index contributed by atoms with van der Waals surface area (Å²) in [6, 6.07) is 9.38. The lowest BCUT2D eigenvalue weighted by Crippen LogP contribution is -2.37. The van der Waals surface area contributed by atoms with E-state index in [0.29, 0.717) is 19.7 Å². The predicted octanol–water partition coefficient (Wildman–Crippen LogP) is 1.87. The highest BCUT2D eigenvalue weighted by molar-refractivity contribution is 5.80. The second-order valence-corrected chi connectivity index (χ2v) is 4.88. The first-order valence-corrected chi connectivity index (χ1v) is 6.74. The molecule has 0 aliphatic carbocycles. The molecule has 0 fully saturated rings. The van der Waals surface area contributed by atoms with Crippen molar-refractivity contribution in [3.05, 3.63) is 48.3 Å². The fourth-order valence-corrected chi connectivity index (χ4v) is 2.40. The maximum Gasteiger partial charge on any atom is 0.247 e. The molecule has 1 atom stereocenters. The van der Waals surface area contributed by atoms with Gasteiger partial charge in [-0.2, -0.15) is 5.10 Å². The van der Waals surface area contributed by atoms with Crippen LogP contribution in [0.15, 0.2) is 42.7 Å². The van der Waals surface area contributed by atoms with Crippen LogP contribution in [0.4, 0.5) is 0 Å². The van der Waals surface area contributed by atoms with E-state index >= 15 is 0 Å². The molecule has 1 amide bonds. The van der Waals surface area contributed by atoms with Gasteiger partial charge in [0.15, 0.2) is 0 Å². The van der Waals surface area contributed by atoms with Gasteiger partial charge < -0.3 is 9.64 Å². The van der Waals surface area contributed by atoms with Gasteiger partial charge in [-0.25, -0.2) is 0 Å². The van der Waals surface area contributed by atoms with Crippen LogP contribution >= 0.6 is 0 Å². The standard InChI is InChI=1S/C15H17N3O2/c1-12(18-8-4-7-16-18)15(19)17-9-10-20-14-6-3-2-5-13(14)11-17/h2-8,12H,9-11H2,1H3/t12-/m0/s1. The van der Waals surface area contributed by atoms with Crippen molar-refractivity contribution < 1.29 is 9.53 Å². The number of amides is 1. The van der Waals surface area contributed by atoms with Crippen LogP contribution in [-0.2, 0) is 11.3 Å². The zero-order chi connectivity index (χ0) is 13.9. The number of fused-ring (bicyclic) bond motifs is 1. The molecule has 1 aromatic heterocycles. The van der Waals surface area contributed by atoms with Crippen LogP contribution in [0.25, 0.3) is 0 Å². The number of carbonyl (C=O) groups excluding carboxylic acids is 1. The molecule has 0 radical (unpaired) electrons. The zero-order valence-electron chi connectivity index (χ0n) is 11.4. The summed E-state index contributed by atoms with van der Waals surface area (Å²) in [6.45, 7) is 3.57. The molecule has 2 heterocycles. The minimum absolute atomic E-state index is 0.0639. The lowest BCUT2D eigenvalue weighted by molar-refractivity contribution is -0.135. The minimum Gasteiger partial charge on any atom is -0.491 e. The largest absolute Gasteiger partial charge is 0.491 e. The molecule has 3 rings (SSSR count). The lowest BCUT2D eigenvalue weighted by atomic mass is 10.2. The first-order valence-electron chi connectivity index (χ1n) is 6.74. The van der Waals surface area contributed by atoms with Crippen molar-refractivity contribution in [3.63, 3.8) is 0 Å². The quantitative estimate of drug-likeness (QED) is 0.837. The van der Waals surface area contributed by atoms with Crippen LogP contribution in [-0.4, -0.2) is 33.7 Å². The van der Waals surface area contributed by atoms with E-state index in [1.807, 2.05) is 48.4 Å². The summed E-state index contributed by atoms with van der Waals surface area (Å²) in [5.41, 5.74) is 1.05. The van der Waals surface area contributed by atoms with Crippen LogP contribution in [0.5, 0.6) is 5.75 Å². The Balaban J connectivity index is 1.79. The van der Waals surface area contributed by atoms with Gasteiger partial charge in [-0.05, 0) is 19.1 Å². The van der Waals surface area contributed by atoms with Crippen molar-refractivity contribution in [3.8, 4) is 5.75 Å². The monoisotopic (exact) mass is 271 g/mol. The number of aromatic nitrogens is 2. The highest BCUT2D eigenvalue weighted by Gasteiger charge is 2.24. The summed E-state index contributed by atoms with van der Waals surface area (Å²) in [5.74, 6) is 0.934. The summed E-state index contributed by atoms with van der Waals surface area (Å²) in [4.78, 5) is 14.4. The van der Waals surface area contributed by atoms with Crippen LogP contribution in [0, 0.1) is 0 Å². The average molecular weight is 271 g/mol. The smallest absolute Gasteiger partial charge is 0.247 e. The Kier molecular flexibility index (Phi) is 3.41. The Morgan fingerprint density at radius 1 is 1.35 bits per heavy atom. The number of hydrogen-bond donors (Lipinski definition) is 0. The molecule has 0 N–H and O–H groups in total. The van der Waals surface area contributed by atoms with Crippen LogP contribution < -0.4 is 4.74 Å². The number of rotatable bonds is 2. The van der Waals surface area contributed by atoms with Crippen molar-refractivity contribution in [2.75, 3.05) is 13.2 Å². The number of ether oxygens (including phenoxy) is 1. The predicted molar refractivity (Wildman–Crippen MR) is 74.3 cm³/mol. The van der Waals surface area contributed by atoms with Gasteiger partial charge in [0, 0.05) is 24.5 Å². The van der Waals surface area contributed by atoms with E-state index in [4.69, 9.17) is 4.74 Å². The number of benzene rings is 1. The zero-order valence-corrected chi connectivity index (χ0v) is 11.4. The molecule has 5 heteroatoms. The number of carbonyl (C=O) groups is 1. The minimum atomic E-state index is -0.296.